The fourth-order valence-electron chi connectivity index (χ4n) is 4.02. The maximum absolute atomic E-state index is 13.1. The third kappa shape index (κ3) is 4.76. The summed E-state index contributed by atoms with van der Waals surface area (Å²) in [6.45, 7) is 2.83. The molecular weight excluding hydrogens is 416 g/mol. The van der Waals surface area contributed by atoms with Crippen molar-refractivity contribution in [2.24, 2.45) is 0 Å². The van der Waals surface area contributed by atoms with Gasteiger partial charge in [-0.15, -0.1) is 10.2 Å². The first-order chi connectivity index (χ1) is 15.6. The summed E-state index contributed by atoms with van der Waals surface area (Å²) in [5.74, 6) is 1.35. The number of ketones is 1. The number of aromatic nitrogens is 3. The summed E-state index contributed by atoms with van der Waals surface area (Å²) < 4.78 is 2.16. The standard InChI is InChI=1S/C26H28N4OS/c1-4-23(29(2)3)25-27-28-26(30(25)17-19-11-6-5-7-12-19)32-18-24(31)22-16-10-14-20-13-8-9-15-21(20)22/h5-16,23H,4,17-18H2,1-3H3/t23-/m0/s1. The normalized spacial score (nSPS) is 12.4. The van der Waals surface area contributed by atoms with E-state index >= 15 is 0 Å². The topological polar surface area (TPSA) is 51.0 Å². The Morgan fingerprint density at radius 3 is 2.44 bits per heavy atom. The van der Waals surface area contributed by atoms with Gasteiger partial charge in [-0.3, -0.25) is 9.69 Å². The lowest BCUT2D eigenvalue weighted by atomic mass is 10.0. The van der Waals surface area contributed by atoms with Crippen molar-refractivity contribution in [2.75, 3.05) is 19.8 Å². The lowest BCUT2D eigenvalue weighted by Gasteiger charge is -2.23. The van der Waals surface area contributed by atoms with Crippen molar-refractivity contribution in [3.05, 3.63) is 89.7 Å². The van der Waals surface area contributed by atoms with Crippen LogP contribution in [0.25, 0.3) is 10.8 Å². The van der Waals surface area contributed by atoms with Crippen molar-refractivity contribution in [2.45, 2.75) is 31.1 Å². The van der Waals surface area contributed by atoms with E-state index in [4.69, 9.17) is 0 Å². The van der Waals surface area contributed by atoms with E-state index in [-0.39, 0.29) is 11.8 Å². The second-order valence-corrected chi connectivity index (χ2v) is 8.98. The number of carbonyl (C=O) groups excluding carboxylic acids is 1. The molecule has 0 unspecified atom stereocenters. The average molecular weight is 445 g/mol. The van der Waals surface area contributed by atoms with Gasteiger partial charge >= 0.3 is 0 Å². The zero-order valence-corrected chi connectivity index (χ0v) is 19.5. The lowest BCUT2D eigenvalue weighted by Crippen LogP contribution is -2.23. The molecule has 0 N–H and O–H groups in total. The van der Waals surface area contributed by atoms with Crippen molar-refractivity contribution in [3.8, 4) is 0 Å². The van der Waals surface area contributed by atoms with E-state index in [1.54, 1.807) is 0 Å². The molecule has 3 aromatic carbocycles. The smallest absolute Gasteiger partial charge is 0.192 e. The molecule has 164 valence electrons. The highest BCUT2D eigenvalue weighted by Gasteiger charge is 2.23. The van der Waals surface area contributed by atoms with Crippen LogP contribution in [0.15, 0.2) is 78.0 Å². The van der Waals surface area contributed by atoms with E-state index in [2.05, 4.69) is 52.8 Å². The molecule has 0 aliphatic rings. The average Bonchev–Trinajstić information content (AvgIpc) is 3.20. The number of benzene rings is 3. The fourth-order valence-corrected chi connectivity index (χ4v) is 4.85. The number of hydrogen-bond donors (Lipinski definition) is 0. The van der Waals surface area contributed by atoms with E-state index < -0.39 is 0 Å². The van der Waals surface area contributed by atoms with Gasteiger partial charge in [0.2, 0.25) is 0 Å². The summed E-state index contributed by atoms with van der Waals surface area (Å²) in [6.07, 6.45) is 0.930. The summed E-state index contributed by atoms with van der Waals surface area (Å²) in [5.41, 5.74) is 1.94. The van der Waals surface area contributed by atoms with Gasteiger partial charge in [0.15, 0.2) is 16.8 Å². The first-order valence-corrected chi connectivity index (χ1v) is 11.8. The number of carbonyl (C=O) groups is 1. The molecule has 0 aliphatic heterocycles. The minimum atomic E-state index is 0.0993. The highest BCUT2D eigenvalue weighted by molar-refractivity contribution is 7.99. The first kappa shape index (κ1) is 22.2. The third-order valence-corrected chi connectivity index (χ3v) is 6.63. The van der Waals surface area contributed by atoms with Crippen molar-refractivity contribution in [1.29, 1.82) is 0 Å². The number of thioether (sulfide) groups is 1. The third-order valence-electron chi connectivity index (χ3n) is 5.66. The lowest BCUT2D eigenvalue weighted by molar-refractivity contribution is 0.102. The highest BCUT2D eigenvalue weighted by Crippen LogP contribution is 2.27. The van der Waals surface area contributed by atoms with Gasteiger partial charge in [-0.05, 0) is 36.9 Å². The maximum atomic E-state index is 13.1. The van der Waals surface area contributed by atoms with Gasteiger partial charge in [0.05, 0.1) is 18.3 Å². The molecule has 5 nitrogen and oxygen atoms in total. The zero-order valence-electron chi connectivity index (χ0n) is 18.7. The van der Waals surface area contributed by atoms with Crippen LogP contribution in [0.5, 0.6) is 0 Å². The van der Waals surface area contributed by atoms with Crippen LogP contribution < -0.4 is 0 Å². The molecule has 0 radical (unpaired) electrons. The van der Waals surface area contributed by atoms with Crippen LogP contribution in [0, 0.1) is 0 Å². The van der Waals surface area contributed by atoms with E-state index in [1.165, 1.54) is 17.3 Å². The Bertz CT molecular complexity index is 1200. The number of hydrogen-bond acceptors (Lipinski definition) is 5. The fraction of sp³-hybridized carbons (Fsp3) is 0.269. The Hall–Kier alpha value is -2.96. The van der Waals surface area contributed by atoms with Crippen molar-refractivity contribution < 1.29 is 4.79 Å². The molecule has 0 bridgehead atoms. The minimum absolute atomic E-state index is 0.0993. The molecule has 4 aromatic rings. The SMILES string of the molecule is CC[C@@H](c1nnc(SCC(=O)c2cccc3ccccc23)n1Cc1ccccc1)N(C)C. The molecule has 0 saturated carbocycles. The molecule has 1 heterocycles. The Balaban J connectivity index is 1.61. The van der Waals surface area contributed by atoms with Crippen molar-refractivity contribution in [1.82, 2.24) is 19.7 Å². The Labute approximate surface area is 193 Å². The molecule has 0 fully saturated rings. The molecule has 0 spiro atoms. The van der Waals surface area contributed by atoms with E-state index in [9.17, 15) is 4.79 Å². The molecule has 32 heavy (non-hydrogen) atoms. The van der Waals surface area contributed by atoms with Gasteiger partial charge in [0, 0.05) is 5.56 Å². The van der Waals surface area contributed by atoms with Crippen LogP contribution >= 0.6 is 11.8 Å². The monoisotopic (exact) mass is 444 g/mol. The Morgan fingerprint density at radius 2 is 1.69 bits per heavy atom. The summed E-state index contributed by atoms with van der Waals surface area (Å²) in [6, 6.07) is 24.4. The Kier molecular flexibility index (Phi) is 7.02. The van der Waals surface area contributed by atoms with E-state index in [0.717, 1.165) is 33.7 Å². The molecular formula is C26H28N4OS. The zero-order chi connectivity index (χ0) is 22.5. The molecule has 1 atom stereocenters. The highest BCUT2D eigenvalue weighted by atomic mass is 32.2. The molecule has 4 rings (SSSR count). The number of nitrogens with zero attached hydrogens (tertiary/aromatic N) is 4. The van der Waals surface area contributed by atoms with Crippen LogP contribution in [0.1, 0.15) is 41.1 Å². The summed E-state index contributed by atoms with van der Waals surface area (Å²) in [4.78, 5) is 15.3. The van der Waals surface area contributed by atoms with E-state index in [0.29, 0.717) is 12.3 Å². The van der Waals surface area contributed by atoms with Crippen LogP contribution in [-0.4, -0.2) is 45.3 Å². The quantitative estimate of drug-likeness (QED) is 0.253. The molecule has 1 aromatic heterocycles. The van der Waals surface area contributed by atoms with Gasteiger partial charge in [0.1, 0.15) is 0 Å². The summed E-state index contributed by atoms with van der Waals surface area (Å²) in [7, 11) is 4.12. The van der Waals surface area contributed by atoms with Crippen LogP contribution in [0.3, 0.4) is 0 Å². The second kappa shape index (κ2) is 10.1. The molecule has 0 aliphatic carbocycles. The largest absolute Gasteiger partial charge is 0.300 e. The predicted octanol–water partition coefficient (Wildman–Crippen LogP) is 5.47. The number of fused-ring (bicyclic) bond motifs is 1. The van der Waals surface area contributed by atoms with Gasteiger partial charge in [-0.1, -0.05) is 91.5 Å². The molecule has 0 amide bonds. The number of rotatable bonds is 9. The summed E-state index contributed by atoms with van der Waals surface area (Å²) in [5, 5.41) is 11.9. The van der Waals surface area contributed by atoms with E-state index in [1.807, 2.05) is 60.7 Å². The van der Waals surface area contributed by atoms with Gasteiger partial charge in [0.25, 0.3) is 0 Å². The maximum Gasteiger partial charge on any atom is 0.192 e. The van der Waals surface area contributed by atoms with Gasteiger partial charge in [-0.25, -0.2) is 0 Å². The van der Waals surface area contributed by atoms with Crippen LogP contribution in [0.4, 0.5) is 0 Å². The van der Waals surface area contributed by atoms with Crippen molar-refractivity contribution in [3.63, 3.8) is 0 Å². The minimum Gasteiger partial charge on any atom is -0.300 e. The second-order valence-electron chi connectivity index (χ2n) is 8.04. The molecule has 6 heteroatoms. The van der Waals surface area contributed by atoms with Gasteiger partial charge in [-0.2, -0.15) is 0 Å². The summed E-state index contributed by atoms with van der Waals surface area (Å²) >= 11 is 1.46. The first-order valence-electron chi connectivity index (χ1n) is 10.9. The van der Waals surface area contributed by atoms with Gasteiger partial charge < -0.3 is 4.57 Å². The van der Waals surface area contributed by atoms with Crippen LogP contribution in [0.2, 0.25) is 0 Å². The number of Topliss-reactive ketones (excluding diaryl/α,β-unsaturated/α-hetero) is 1. The van der Waals surface area contributed by atoms with Crippen molar-refractivity contribution >= 4 is 28.3 Å². The molecule has 0 saturated heterocycles. The Morgan fingerprint density at radius 1 is 0.969 bits per heavy atom. The predicted molar refractivity (Wildman–Crippen MR) is 131 cm³/mol. The van der Waals surface area contributed by atoms with Crippen LogP contribution in [-0.2, 0) is 6.54 Å².